The average molecular weight is 245 g/mol. The Bertz CT molecular complexity index is 444. The number of rotatable bonds is 0. The molecule has 1 aromatic carbocycles. The van der Waals surface area contributed by atoms with Gasteiger partial charge in [0.15, 0.2) is 0 Å². The van der Waals surface area contributed by atoms with Crippen LogP contribution in [-0.2, 0) is 0 Å². The molecule has 1 aliphatic heterocycles. The van der Waals surface area contributed by atoms with Gasteiger partial charge in [0, 0.05) is 18.0 Å². The van der Waals surface area contributed by atoms with Gasteiger partial charge in [-0.05, 0) is 37.2 Å². The summed E-state index contributed by atoms with van der Waals surface area (Å²) in [6, 6.07) is 8.39. The second-order valence-electron chi connectivity index (χ2n) is 6.33. The quantitative estimate of drug-likeness (QED) is 0.757. The molecule has 0 bridgehead atoms. The van der Waals surface area contributed by atoms with Crippen molar-refractivity contribution >= 4 is 0 Å². The van der Waals surface area contributed by atoms with Crippen LogP contribution in [0.5, 0.6) is 5.75 Å². The Balaban J connectivity index is 1.89. The van der Waals surface area contributed by atoms with Crippen molar-refractivity contribution in [2.75, 3.05) is 0 Å². The van der Waals surface area contributed by atoms with Crippen molar-refractivity contribution in [2.45, 2.75) is 51.2 Å². The van der Waals surface area contributed by atoms with Gasteiger partial charge in [-0.2, -0.15) is 0 Å². The minimum Gasteiger partial charge on any atom is -0.487 e. The maximum Gasteiger partial charge on any atom is 0.124 e. The molecule has 1 aliphatic carbocycles. The minimum atomic E-state index is -0.000301. The van der Waals surface area contributed by atoms with Gasteiger partial charge in [-0.25, -0.2) is 0 Å². The molecule has 4 atom stereocenters. The average Bonchev–Trinajstić information content (AvgIpc) is 2.35. The summed E-state index contributed by atoms with van der Waals surface area (Å²) in [4.78, 5) is 0. The van der Waals surface area contributed by atoms with Crippen molar-refractivity contribution in [1.82, 2.24) is 0 Å². The lowest BCUT2D eigenvalue weighted by Crippen LogP contribution is -2.47. The Labute approximate surface area is 110 Å². The number of benzene rings is 1. The molecule has 0 amide bonds. The lowest BCUT2D eigenvalue weighted by atomic mass is 9.69. The molecule has 18 heavy (non-hydrogen) atoms. The van der Waals surface area contributed by atoms with Crippen molar-refractivity contribution in [2.24, 2.45) is 17.6 Å². The van der Waals surface area contributed by atoms with E-state index in [1.165, 1.54) is 12.0 Å². The van der Waals surface area contributed by atoms with Crippen molar-refractivity contribution in [3.8, 4) is 5.75 Å². The highest BCUT2D eigenvalue weighted by Gasteiger charge is 2.44. The number of hydrogen-bond donors (Lipinski definition) is 1. The van der Waals surface area contributed by atoms with Gasteiger partial charge < -0.3 is 10.5 Å². The van der Waals surface area contributed by atoms with Gasteiger partial charge in [-0.1, -0.05) is 32.0 Å². The van der Waals surface area contributed by atoms with Crippen molar-refractivity contribution in [3.63, 3.8) is 0 Å². The second kappa shape index (κ2) is 4.27. The Morgan fingerprint density at radius 3 is 2.72 bits per heavy atom. The van der Waals surface area contributed by atoms with E-state index in [0.717, 1.165) is 36.8 Å². The van der Waals surface area contributed by atoms with E-state index in [4.69, 9.17) is 10.5 Å². The fourth-order valence-corrected chi connectivity index (χ4v) is 3.61. The Morgan fingerprint density at radius 2 is 1.94 bits per heavy atom. The predicted molar refractivity (Wildman–Crippen MR) is 73.5 cm³/mol. The van der Waals surface area contributed by atoms with Crippen molar-refractivity contribution < 1.29 is 4.74 Å². The Morgan fingerprint density at radius 1 is 1.17 bits per heavy atom. The molecule has 1 aromatic rings. The van der Waals surface area contributed by atoms with Crippen LogP contribution >= 0.6 is 0 Å². The normalized spacial score (nSPS) is 39.2. The topological polar surface area (TPSA) is 35.2 Å². The van der Waals surface area contributed by atoms with Crippen LogP contribution in [0, 0.1) is 11.8 Å². The summed E-state index contributed by atoms with van der Waals surface area (Å²) in [5.74, 6) is 2.56. The number of para-hydroxylation sites is 1. The summed E-state index contributed by atoms with van der Waals surface area (Å²) in [6.07, 6.45) is 4.54. The molecule has 3 rings (SSSR count). The highest BCUT2D eigenvalue weighted by atomic mass is 16.5. The summed E-state index contributed by atoms with van der Waals surface area (Å²) < 4.78 is 6.37. The molecule has 3 unspecified atom stereocenters. The zero-order chi connectivity index (χ0) is 12.8. The SMILES string of the molecule is CC1CCC2(CC1C)C[C@@H](N)c1ccccc1O2. The van der Waals surface area contributed by atoms with E-state index in [9.17, 15) is 0 Å². The molecule has 2 nitrogen and oxygen atoms in total. The summed E-state index contributed by atoms with van der Waals surface area (Å²) >= 11 is 0. The molecular weight excluding hydrogens is 222 g/mol. The molecule has 2 N–H and O–H groups in total. The lowest BCUT2D eigenvalue weighted by Gasteiger charge is -2.47. The van der Waals surface area contributed by atoms with Crippen LogP contribution in [0.2, 0.25) is 0 Å². The third kappa shape index (κ3) is 1.93. The second-order valence-corrected chi connectivity index (χ2v) is 6.33. The molecule has 1 fully saturated rings. The van der Waals surface area contributed by atoms with E-state index >= 15 is 0 Å². The zero-order valence-electron chi connectivity index (χ0n) is 11.4. The lowest BCUT2D eigenvalue weighted by molar-refractivity contribution is -0.0287. The molecule has 1 heterocycles. The van der Waals surface area contributed by atoms with E-state index in [0.29, 0.717) is 0 Å². The Kier molecular flexibility index (Phi) is 2.86. The molecule has 2 heteroatoms. The zero-order valence-corrected chi connectivity index (χ0v) is 11.4. The van der Waals surface area contributed by atoms with Crippen LogP contribution in [0.15, 0.2) is 24.3 Å². The van der Waals surface area contributed by atoms with E-state index in [1.807, 2.05) is 12.1 Å². The highest BCUT2D eigenvalue weighted by Crippen LogP contribution is 2.47. The first-order valence-electron chi connectivity index (χ1n) is 7.13. The van der Waals surface area contributed by atoms with Gasteiger partial charge in [0.25, 0.3) is 0 Å². The smallest absolute Gasteiger partial charge is 0.124 e. The largest absolute Gasteiger partial charge is 0.487 e. The molecule has 2 aliphatic rings. The summed E-state index contributed by atoms with van der Waals surface area (Å²) in [5, 5.41) is 0. The monoisotopic (exact) mass is 245 g/mol. The number of nitrogens with two attached hydrogens (primary N) is 1. The third-order valence-electron chi connectivity index (χ3n) is 4.96. The number of ether oxygens (including phenoxy) is 1. The van der Waals surface area contributed by atoms with Crippen LogP contribution in [0.4, 0.5) is 0 Å². The summed E-state index contributed by atoms with van der Waals surface area (Å²) in [6.45, 7) is 4.70. The van der Waals surface area contributed by atoms with E-state index < -0.39 is 0 Å². The fraction of sp³-hybridized carbons (Fsp3) is 0.625. The van der Waals surface area contributed by atoms with Gasteiger partial charge >= 0.3 is 0 Å². The molecule has 0 aromatic heterocycles. The minimum absolute atomic E-state index is 0.000301. The van der Waals surface area contributed by atoms with Crippen LogP contribution < -0.4 is 10.5 Å². The molecule has 0 radical (unpaired) electrons. The van der Waals surface area contributed by atoms with Crippen LogP contribution in [-0.4, -0.2) is 5.60 Å². The van der Waals surface area contributed by atoms with Gasteiger partial charge in [-0.15, -0.1) is 0 Å². The third-order valence-corrected chi connectivity index (χ3v) is 4.96. The Hall–Kier alpha value is -1.02. The van der Waals surface area contributed by atoms with E-state index in [2.05, 4.69) is 26.0 Å². The molecular formula is C16H23NO. The predicted octanol–water partition coefficient (Wildman–Crippen LogP) is 3.66. The van der Waals surface area contributed by atoms with Crippen LogP contribution in [0.25, 0.3) is 0 Å². The molecule has 0 saturated heterocycles. The summed E-state index contributed by atoms with van der Waals surface area (Å²) in [7, 11) is 0. The van der Waals surface area contributed by atoms with Crippen molar-refractivity contribution in [3.05, 3.63) is 29.8 Å². The molecule has 1 spiro atoms. The molecule has 98 valence electrons. The van der Waals surface area contributed by atoms with Crippen LogP contribution in [0.3, 0.4) is 0 Å². The first-order valence-corrected chi connectivity index (χ1v) is 7.13. The molecule has 1 saturated carbocycles. The van der Waals surface area contributed by atoms with Gasteiger partial charge in [0.2, 0.25) is 0 Å². The van der Waals surface area contributed by atoms with E-state index in [1.54, 1.807) is 0 Å². The standard InChI is InChI=1S/C16H23NO/c1-11-7-8-16(9-12(11)2)10-14(17)13-5-3-4-6-15(13)18-16/h3-6,11-12,14H,7-10,17H2,1-2H3/t11?,12?,14-,16?/m1/s1. The maximum atomic E-state index is 6.37. The highest BCUT2D eigenvalue weighted by molar-refractivity contribution is 5.38. The number of fused-ring (bicyclic) bond motifs is 1. The fourth-order valence-electron chi connectivity index (χ4n) is 3.61. The maximum absolute atomic E-state index is 6.37. The van der Waals surface area contributed by atoms with Gasteiger partial charge in [-0.3, -0.25) is 0 Å². The number of hydrogen-bond acceptors (Lipinski definition) is 2. The van der Waals surface area contributed by atoms with Gasteiger partial charge in [0.05, 0.1) is 0 Å². The van der Waals surface area contributed by atoms with Crippen LogP contribution in [0.1, 0.15) is 51.1 Å². The first-order chi connectivity index (χ1) is 8.60. The first kappa shape index (κ1) is 12.0. The van der Waals surface area contributed by atoms with E-state index in [-0.39, 0.29) is 11.6 Å². The summed E-state index contributed by atoms with van der Waals surface area (Å²) in [5.41, 5.74) is 7.53. The van der Waals surface area contributed by atoms with Gasteiger partial charge in [0.1, 0.15) is 11.4 Å². The van der Waals surface area contributed by atoms with Crippen molar-refractivity contribution in [1.29, 1.82) is 0 Å².